The van der Waals surface area contributed by atoms with Crippen LogP contribution in [0.5, 0.6) is 0 Å². The van der Waals surface area contributed by atoms with Gasteiger partial charge in [0, 0.05) is 23.3 Å². The Morgan fingerprint density at radius 2 is 1.51 bits per heavy atom. The van der Waals surface area contributed by atoms with Gasteiger partial charge in [-0.15, -0.1) is 3.89 Å². The molecule has 4 rings (SSSR count). The van der Waals surface area contributed by atoms with Crippen LogP contribution in [0.1, 0.15) is 50.2 Å². The number of hydrogen-bond donors (Lipinski definition) is 2. The Hall–Kier alpha value is -3.24. The molecule has 0 aliphatic heterocycles. The van der Waals surface area contributed by atoms with Gasteiger partial charge in [-0.3, -0.25) is 0 Å². The van der Waals surface area contributed by atoms with E-state index in [0.29, 0.717) is 24.4 Å². The van der Waals surface area contributed by atoms with Crippen LogP contribution < -0.4 is 5.73 Å². The van der Waals surface area contributed by atoms with Crippen LogP contribution in [0, 0.1) is 5.92 Å². The lowest BCUT2D eigenvalue weighted by atomic mass is 9.98. The molecule has 1 amide bonds. The first kappa shape index (κ1) is 30.7. The standard InChI is InChI=1S/C31H35ClN2O6S/c1-21(2)19-34(29(30(35)36)13-7-8-18-33,41(38,39)23-16-14-22(32)15-17-23)31(37)40-20-28-26-11-5-3-9-24(26)25-10-4-6-12-27(25)28/h3-6,9-12,14-17,21,28-29H,7-8,13,18-20,33H2,1-2H3/p+1. The number of carboxylic acids is 1. The first-order chi connectivity index (χ1) is 19.5. The molecule has 1 aliphatic carbocycles. The number of benzene rings is 3. The number of aliphatic carboxylic acids is 1. The molecule has 8 nitrogen and oxygen atoms in total. The maximum absolute atomic E-state index is 14.5. The molecule has 10 heteroatoms. The predicted octanol–water partition coefficient (Wildman–Crippen LogP) is 6.03. The number of amides is 1. The summed E-state index contributed by atoms with van der Waals surface area (Å²) >= 11 is 6.03. The van der Waals surface area contributed by atoms with Gasteiger partial charge in [0.2, 0.25) is 6.04 Å². The van der Waals surface area contributed by atoms with E-state index in [1.807, 2.05) is 48.5 Å². The molecule has 2 atom stereocenters. The van der Waals surface area contributed by atoms with Gasteiger partial charge in [-0.2, -0.15) is 13.2 Å². The molecule has 0 heterocycles. The maximum Gasteiger partial charge on any atom is 0.532 e. The topological polar surface area (TPSA) is 124 Å². The Bertz CT molecular complexity index is 1460. The molecule has 0 bridgehead atoms. The summed E-state index contributed by atoms with van der Waals surface area (Å²) in [7, 11) is -4.63. The molecule has 0 saturated carbocycles. The van der Waals surface area contributed by atoms with Crippen molar-refractivity contribution in [2.45, 2.75) is 50.0 Å². The molecular formula is C31H36ClN2O6S+. The first-order valence-electron chi connectivity index (χ1n) is 13.7. The van der Waals surface area contributed by atoms with Crippen LogP contribution in [0.4, 0.5) is 4.79 Å². The van der Waals surface area contributed by atoms with Crippen LogP contribution in [0.15, 0.2) is 77.7 Å². The lowest BCUT2D eigenvalue weighted by Gasteiger charge is -2.38. The van der Waals surface area contributed by atoms with Crippen molar-refractivity contribution in [3.8, 4) is 11.1 Å². The molecule has 41 heavy (non-hydrogen) atoms. The highest BCUT2D eigenvalue weighted by molar-refractivity contribution is 7.86. The SMILES string of the molecule is CC(C)C[N+](C(=O)OCC1c2ccccc2-c2ccccc21)(C(CCCCN)C(=O)O)S(=O)(=O)c1ccc(Cl)cc1. The summed E-state index contributed by atoms with van der Waals surface area (Å²) in [6.07, 6.45) is -0.373. The summed E-state index contributed by atoms with van der Waals surface area (Å²) in [5.41, 5.74) is 9.61. The zero-order valence-electron chi connectivity index (χ0n) is 23.2. The minimum Gasteiger partial charge on any atom is -0.477 e. The molecule has 3 aromatic rings. The average Bonchev–Trinajstić information content (AvgIpc) is 3.26. The summed E-state index contributed by atoms with van der Waals surface area (Å²) in [5, 5.41) is 10.7. The molecule has 0 radical (unpaired) electrons. The third-order valence-electron chi connectivity index (χ3n) is 7.54. The van der Waals surface area contributed by atoms with Crippen molar-refractivity contribution >= 4 is 33.7 Å². The molecule has 218 valence electrons. The van der Waals surface area contributed by atoms with Gasteiger partial charge in [0.05, 0.1) is 0 Å². The van der Waals surface area contributed by atoms with Crippen molar-refractivity contribution in [3.63, 3.8) is 0 Å². The second-order valence-corrected chi connectivity index (χ2v) is 13.3. The Morgan fingerprint density at radius 1 is 0.951 bits per heavy atom. The number of rotatable bonds is 12. The quantitative estimate of drug-likeness (QED) is 0.192. The van der Waals surface area contributed by atoms with E-state index in [0.717, 1.165) is 22.3 Å². The maximum atomic E-state index is 14.5. The van der Waals surface area contributed by atoms with E-state index >= 15 is 0 Å². The monoisotopic (exact) mass is 599 g/mol. The first-order valence-corrected chi connectivity index (χ1v) is 15.5. The fourth-order valence-corrected chi connectivity index (χ4v) is 7.98. The highest BCUT2D eigenvalue weighted by Crippen LogP contribution is 2.45. The van der Waals surface area contributed by atoms with Crippen molar-refractivity contribution < 1.29 is 31.7 Å². The van der Waals surface area contributed by atoms with Gasteiger partial charge >= 0.3 is 22.1 Å². The molecule has 0 fully saturated rings. The number of sulfonamides is 1. The van der Waals surface area contributed by atoms with Crippen LogP contribution in [0.2, 0.25) is 5.02 Å². The largest absolute Gasteiger partial charge is 0.532 e. The lowest BCUT2D eigenvalue weighted by molar-refractivity contribution is -0.755. The second kappa shape index (κ2) is 12.7. The number of carbonyl (C=O) groups is 2. The van der Waals surface area contributed by atoms with E-state index in [9.17, 15) is 23.1 Å². The van der Waals surface area contributed by atoms with Crippen molar-refractivity contribution in [2.75, 3.05) is 19.7 Å². The van der Waals surface area contributed by atoms with Gasteiger partial charge in [0.25, 0.3) is 0 Å². The molecule has 3 N–H and O–H groups in total. The smallest absolute Gasteiger partial charge is 0.477 e. The molecular weight excluding hydrogens is 564 g/mol. The van der Waals surface area contributed by atoms with Crippen LogP contribution in [-0.4, -0.2) is 55.2 Å². The van der Waals surface area contributed by atoms with Gasteiger partial charge in [0.15, 0.2) is 0 Å². The average molecular weight is 600 g/mol. The number of ether oxygens (including phenoxy) is 1. The Labute approximate surface area is 246 Å². The molecule has 0 spiro atoms. The van der Waals surface area contributed by atoms with Crippen LogP contribution in [0.25, 0.3) is 11.1 Å². The Kier molecular flexibility index (Phi) is 9.54. The van der Waals surface area contributed by atoms with Crippen molar-refractivity contribution in [2.24, 2.45) is 11.7 Å². The van der Waals surface area contributed by atoms with Gasteiger partial charge in [-0.25, -0.2) is 4.79 Å². The van der Waals surface area contributed by atoms with Gasteiger partial charge in [-0.1, -0.05) is 74.0 Å². The molecule has 1 aliphatic rings. The molecule has 3 aromatic carbocycles. The van der Waals surface area contributed by atoms with Crippen LogP contribution in [0.3, 0.4) is 0 Å². The zero-order chi connectivity index (χ0) is 29.8. The van der Waals surface area contributed by atoms with E-state index in [1.54, 1.807) is 13.8 Å². The number of nitrogens with two attached hydrogens (primary N) is 1. The fraction of sp³-hybridized carbons (Fsp3) is 0.355. The third kappa shape index (κ3) is 5.90. The van der Waals surface area contributed by atoms with Gasteiger partial charge < -0.3 is 15.6 Å². The third-order valence-corrected chi connectivity index (χ3v) is 10.1. The Morgan fingerprint density at radius 3 is 2.02 bits per heavy atom. The number of carbonyl (C=O) groups excluding carboxylic acids is 1. The summed E-state index contributed by atoms with van der Waals surface area (Å²) in [6, 6.07) is 19.4. The van der Waals surface area contributed by atoms with Gasteiger partial charge in [-0.05, 0) is 65.9 Å². The summed E-state index contributed by atoms with van der Waals surface area (Å²) < 4.78 is 33.4. The zero-order valence-corrected chi connectivity index (χ0v) is 24.8. The van der Waals surface area contributed by atoms with Crippen molar-refractivity contribution in [1.29, 1.82) is 0 Å². The molecule has 2 unspecified atom stereocenters. The molecule has 0 aromatic heterocycles. The number of fused-ring (bicyclic) bond motifs is 3. The normalized spacial score (nSPS) is 15.1. The summed E-state index contributed by atoms with van der Waals surface area (Å²) in [6.45, 7) is 3.38. The van der Waals surface area contributed by atoms with E-state index in [-0.39, 0.29) is 36.3 Å². The van der Waals surface area contributed by atoms with E-state index in [4.69, 9.17) is 22.1 Å². The van der Waals surface area contributed by atoms with Gasteiger partial charge in [0.1, 0.15) is 18.0 Å². The number of unbranched alkanes of at least 4 members (excludes halogenated alkanes) is 1. The highest BCUT2D eigenvalue weighted by Gasteiger charge is 2.60. The lowest BCUT2D eigenvalue weighted by Crippen LogP contribution is -2.66. The number of halogens is 1. The minimum absolute atomic E-state index is 0.0731. The number of carboxylic acid groups (broad SMARTS) is 1. The number of quaternary nitrogens is 1. The summed E-state index contributed by atoms with van der Waals surface area (Å²) in [5.74, 6) is -2.09. The molecule has 0 saturated heterocycles. The van der Waals surface area contributed by atoms with E-state index in [1.165, 1.54) is 24.3 Å². The number of hydrogen-bond acceptors (Lipinski definition) is 6. The van der Waals surface area contributed by atoms with E-state index in [2.05, 4.69) is 0 Å². The van der Waals surface area contributed by atoms with Crippen molar-refractivity contribution in [1.82, 2.24) is 0 Å². The van der Waals surface area contributed by atoms with Crippen molar-refractivity contribution in [3.05, 3.63) is 88.9 Å². The summed E-state index contributed by atoms with van der Waals surface area (Å²) in [4.78, 5) is 26.9. The fourth-order valence-electron chi connectivity index (χ4n) is 5.73. The predicted molar refractivity (Wildman–Crippen MR) is 158 cm³/mol. The highest BCUT2D eigenvalue weighted by atomic mass is 35.5. The van der Waals surface area contributed by atoms with Crippen LogP contribution >= 0.6 is 11.6 Å². The van der Waals surface area contributed by atoms with E-state index < -0.39 is 32.0 Å². The second-order valence-electron chi connectivity index (χ2n) is 10.7. The minimum atomic E-state index is -4.63. The Balaban J connectivity index is 1.81. The number of nitrogens with zero attached hydrogens (tertiary/aromatic N) is 1. The van der Waals surface area contributed by atoms with Crippen LogP contribution in [-0.2, 0) is 19.6 Å².